The number of aromatic nitrogens is 3. The Morgan fingerprint density at radius 2 is 2.00 bits per heavy atom. The summed E-state index contributed by atoms with van der Waals surface area (Å²) in [6, 6.07) is 4.39. The molecule has 144 valence electrons. The summed E-state index contributed by atoms with van der Waals surface area (Å²) in [6.45, 7) is 2.17. The van der Waals surface area contributed by atoms with Crippen LogP contribution in [0.25, 0.3) is 0 Å². The number of ether oxygens (including phenoxy) is 1. The van der Waals surface area contributed by atoms with Crippen LogP contribution in [-0.2, 0) is 16.8 Å². The molecule has 1 amide bonds. The molecule has 0 bridgehead atoms. The number of nitrogens with one attached hydrogen (secondary N) is 1. The van der Waals surface area contributed by atoms with Crippen LogP contribution in [0.4, 0.5) is 5.95 Å². The van der Waals surface area contributed by atoms with Crippen LogP contribution in [0.5, 0.6) is 6.01 Å². The first-order valence-electron chi connectivity index (χ1n) is 9.57. The molecular weight excluding hydrogens is 362 g/mol. The maximum atomic E-state index is 13.1. The second kappa shape index (κ2) is 7.80. The van der Waals surface area contributed by atoms with Gasteiger partial charge in [-0.3, -0.25) is 4.79 Å². The van der Waals surface area contributed by atoms with Crippen molar-refractivity contribution >= 4 is 23.2 Å². The average Bonchev–Trinajstić information content (AvgIpc) is 3.47. The lowest BCUT2D eigenvalue weighted by Crippen LogP contribution is -2.42. The van der Waals surface area contributed by atoms with Crippen LogP contribution >= 0.6 is 11.3 Å². The van der Waals surface area contributed by atoms with Gasteiger partial charge in [-0.15, -0.1) is 11.3 Å². The van der Waals surface area contributed by atoms with E-state index in [1.165, 1.54) is 0 Å². The number of amides is 1. The zero-order valence-corrected chi connectivity index (χ0v) is 16.4. The Bertz CT molecular complexity index is 783. The van der Waals surface area contributed by atoms with E-state index in [9.17, 15) is 4.79 Å². The Morgan fingerprint density at radius 1 is 1.22 bits per heavy atom. The maximum Gasteiger partial charge on any atom is 0.321 e. The van der Waals surface area contributed by atoms with Gasteiger partial charge >= 0.3 is 6.01 Å². The molecule has 0 atom stereocenters. The standard InChI is InChI=1S/C19H25N5O2S/c1-26-18-22-15(21-17(23-18)24-10-4-5-11-24)13-20-16(25)19(8-2-3-9-19)14-7-6-12-27-14/h6-7,12H,2-5,8-11,13H2,1H3,(H,20,25). The Labute approximate surface area is 163 Å². The van der Waals surface area contributed by atoms with Crippen LogP contribution in [0.15, 0.2) is 17.5 Å². The van der Waals surface area contributed by atoms with Crippen molar-refractivity contribution in [2.45, 2.75) is 50.5 Å². The highest BCUT2D eigenvalue weighted by molar-refractivity contribution is 7.10. The number of rotatable bonds is 6. The molecule has 4 rings (SSSR count). The molecule has 0 radical (unpaired) electrons. The number of hydrogen-bond donors (Lipinski definition) is 1. The summed E-state index contributed by atoms with van der Waals surface area (Å²) in [6.07, 6.45) is 6.26. The number of anilines is 1. The Kier molecular flexibility index (Phi) is 5.24. The van der Waals surface area contributed by atoms with Crippen molar-refractivity contribution < 1.29 is 9.53 Å². The minimum atomic E-state index is -0.400. The summed E-state index contributed by atoms with van der Waals surface area (Å²) < 4.78 is 5.24. The van der Waals surface area contributed by atoms with Crippen molar-refractivity contribution in [3.8, 4) is 6.01 Å². The summed E-state index contributed by atoms with van der Waals surface area (Å²) in [4.78, 5) is 29.7. The van der Waals surface area contributed by atoms with Crippen LogP contribution in [0.3, 0.4) is 0 Å². The second-order valence-corrected chi connectivity index (χ2v) is 8.13. The number of nitrogens with zero attached hydrogens (tertiary/aromatic N) is 4. The van der Waals surface area contributed by atoms with Gasteiger partial charge in [0.2, 0.25) is 11.9 Å². The lowest BCUT2D eigenvalue weighted by molar-refractivity contribution is -0.126. The molecule has 2 aromatic heterocycles. The summed E-state index contributed by atoms with van der Waals surface area (Å²) in [5.74, 6) is 1.25. The zero-order chi connectivity index (χ0) is 18.7. The highest BCUT2D eigenvalue weighted by Gasteiger charge is 2.43. The summed E-state index contributed by atoms with van der Waals surface area (Å²) in [7, 11) is 1.55. The normalized spacial score (nSPS) is 18.6. The van der Waals surface area contributed by atoms with Crippen LogP contribution in [-0.4, -0.2) is 41.1 Å². The van der Waals surface area contributed by atoms with Gasteiger partial charge in [0, 0.05) is 18.0 Å². The fourth-order valence-corrected chi connectivity index (χ4v) is 5.04. The Hall–Kier alpha value is -2.22. The van der Waals surface area contributed by atoms with E-state index in [-0.39, 0.29) is 12.5 Å². The first-order chi connectivity index (χ1) is 13.2. The van der Waals surface area contributed by atoms with E-state index >= 15 is 0 Å². The highest BCUT2D eigenvalue weighted by Crippen LogP contribution is 2.43. The van der Waals surface area contributed by atoms with E-state index in [2.05, 4.69) is 31.2 Å². The molecule has 1 saturated heterocycles. The Morgan fingerprint density at radius 3 is 2.67 bits per heavy atom. The summed E-state index contributed by atoms with van der Waals surface area (Å²) in [5, 5.41) is 5.12. The molecule has 0 spiro atoms. The second-order valence-electron chi connectivity index (χ2n) is 7.18. The molecule has 2 aliphatic rings. The molecule has 3 heterocycles. The van der Waals surface area contributed by atoms with Gasteiger partial charge in [0.25, 0.3) is 0 Å². The van der Waals surface area contributed by atoms with E-state index in [4.69, 9.17) is 4.74 Å². The maximum absolute atomic E-state index is 13.1. The van der Waals surface area contributed by atoms with E-state index in [1.807, 2.05) is 11.4 Å². The fourth-order valence-electron chi connectivity index (χ4n) is 4.06. The number of carbonyl (C=O) groups excluding carboxylic acids is 1. The summed E-state index contributed by atoms with van der Waals surface area (Å²) in [5.41, 5.74) is -0.400. The monoisotopic (exact) mass is 387 g/mol. The molecule has 8 heteroatoms. The van der Waals surface area contributed by atoms with E-state index in [1.54, 1.807) is 18.4 Å². The smallest absolute Gasteiger partial charge is 0.321 e. The molecule has 2 aromatic rings. The van der Waals surface area contributed by atoms with Gasteiger partial charge in [0.05, 0.1) is 19.1 Å². The van der Waals surface area contributed by atoms with Crippen molar-refractivity contribution in [1.29, 1.82) is 0 Å². The molecule has 1 aliphatic carbocycles. The molecule has 0 aromatic carbocycles. The molecule has 1 aliphatic heterocycles. The zero-order valence-electron chi connectivity index (χ0n) is 15.6. The lowest BCUT2D eigenvalue weighted by Gasteiger charge is -2.26. The average molecular weight is 388 g/mol. The number of carbonyl (C=O) groups is 1. The number of thiophene rings is 1. The minimum absolute atomic E-state index is 0.0737. The first-order valence-corrected chi connectivity index (χ1v) is 10.5. The third kappa shape index (κ3) is 3.63. The van der Waals surface area contributed by atoms with Crippen molar-refractivity contribution in [3.63, 3.8) is 0 Å². The molecular formula is C19H25N5O2S. The summed E-state index contributed by atoms with van der Waals surface area (Å²) >= 11 is 1.67. The van der Waals surface area contributed by atoms with Crippen molar-refractivity contribution in [1.82, 2.24) is 20.3 Å². The number of hydrogen-bond acceptors (Lipinski definition) is 7. The molecule has 2 fully saturated rings. The van der Waals surface area contributed by atoms with E-state index in [0.29, 0.717) is 17.8 Å². The lowest BCUT2D eigenvalue weighted by atomic mass is 9.83. The molecule has 27 heavy (non-hydrogen) atoms. The van der Waals surface area contributed by atoms with E-state index < -0.39 is 5.41 Å². The van der Waals surface area contributed by atoms with Crippen LogP contribution in [0.1, 0.15) is 49.2 Å². The first kappa shape index (κ1) is 18.2. The largest absolute Gasteiger partial charge is 0.467 e. The van der Waals surface area contributed by atoms with E-state index in [0.717, 1.165) is 56.5 Å². The molecule has 7 nitrogen and oxygen atoms in total. The van der Waals surface area contributed by atoms with Crippen molar-refractivity contribution in [3.05, 3.63) is 28.2 Å². The van der Waals surface area contributed by atoms with Crippen LogP contribution in [0, 0.1) is 0 Å². The van der Waals surface area contributed by atoms with Gasteiger partial charge in [0.15, 0.2) is 5.82 Å². The van der Waals surface area contributed by atoms with Crippen LogP contribution in [0.2, 0.25) is 0 Å². The van der Waals surface area contributed by atoms with Crippen molar-refractivity contribution in [2.24, 2.45) is 0 Å². The molecule has 1 saturated carbocycles. The van der Waals surface area contributed by atoms with Gasteiger partial charge in [-0.05, 0) is 37.1 Å². The van der Waals surface area contributed by atoms with Gasteiger partial charge in [-0.25, -0.2) is 0 Å². The number of methoxy groups -OCH3 is 1. The predicted molar refractivity (Wildman–Crippen MR) is 104 cm³/mol. The SMILES string of the molecule is COc1nc(CNC(=O)C2(c3cccs3)CCCC2)nc(N2CCCC2)n1. The third-order valence-corrected chi connectivity index (χ3v) is 6.59. The van der Waals surface area contributed by atoms with Crippen LogP contribution < -0.4 is 15.0 Å². The fraction of sp³-hybridized carbons (Fsp3) is 0.579. The van der Waals surface area contributed by atoms with Gasteiger partial charge < -0.3 is 15.0 Å². The minimum Gasteiger partial charge on any atom is -0.467 e. The Balaban J connectivity index is 1.50. The molecule has 1 N–H and O–H groups in total. The highest BCUT2D eigenvalue weighted by atomic mass is 32.1. The third-order valence-electron chi connectivity index (χ3n) is 5.51. The topological polar surface area (TPSA) is 80.2 Å². The van der Waals surface area contributed by atoms with Gasteiger partial charge in [0.1, 0.15) is 0 Å². The molecule has 0 unspecified atom stereocenters. The van der Waals surface area contributed by atoms with Gasteiger partial charge in [-0.2, -0.15) is 15.0 Å². The quantitative estimate of drug-likeness (QED) is 0.821. The van der Waals surface area contributed by atoms with Crippen molar-refractivity contribution in [2.75, 3.05) is 25.1 Å². The predicted octanol–water partition coefficient (Wildman–Crippen LogP) is 2.67. The van der Waals surface area contributed by atoms with Gasteiger partial charge in [-0.1, -0.05) is 18.9 Å².